The van der Waals surface area contributed by atoms with E-state index in [2.05, 4.69) is 17.1 Å². The second-order valence-electron chi connectivity index (χ2n) is 3.97. The number of aliphatic hydroxyl groups is 1. The lowest BCUT2D eigenvalue weighted by molar-refractivity contribution is 0.270. The molecule has 0 aliphatic heterocycles. The lowest BCUT2D eigenvalue weighted by Gasteiger charge is -2.12. The monoisotopic (exact) mass is 177 g/mol. The summed E-state index contributed by atoms with van der Waals surface area (Å²) in [5.41, 5.74) is 2.58. The molecule has 13 heavy (non-hydrogen) atoms. The number of nitrogens with zero attached hydrogens (tertiary/aromatic N) is 1. The van der Waals surface area contributed by atoms with Crippen molar-refractivity contribution in [2.75, 3.05) is 6.61 Å². The molecule has 1 heterocycles. The normalized spacial score (nSPS) is 18.6. The minimum absolute atomic E-state index is 0.225. The van der Waals surface area contributed by atoms with Crippen LogP contribution in [0.5, 0.6) is 0 Å². The summed E-state index contributed by atoms with van der Waals surface area (Å²) in [6, 6.07) is 4.19. The molecule has 2 rings (SSSR count). The molecule has 0 atom stereocenters. The average molecular weight is 177 g/mol. The molecule has 0 spiro atoms. The Hall–Kier alpha value is -0.890. The van der Waals surface area contributed by atoms with Gasteiger partial charge in [-0.25, -0.2) is 0 Å². The van der Waals surface area contributed by atoms with E-state index in [9.17, 15) is 0 Å². The summed E-state index contributed by atoms with van der Waals surface area (Å²) in [6.45, 7) is 2.32. The van der Waals surface area contributed by atoms with Crippen molar-refractivity contribution in [3.8, 4) is 0 Å². The van der Waals surface area contributed by atoms with Crippen molar-refractivity contribution >= 4 is 0 Å². The van der Waals surface area contributed by atoms with Gasteiger partial charge in [-0.2, -0.15) is 0 Å². The molecular formula is C11H15NO. The fourth-order valence-electron chi connectivity index (χ4n) is 1.78. The van der Waals surface area contributed by atoms with Gasteiger partial charge < -0.3 is 5.11 Å². The van der Waals surface area contributed by atoms with Crippen LogP contribution in [-0.2, 0) is 5.41 Å². The minimum atomic E-state index is 0.225. The minimum Gasteiger partial charge on any atom is -0.396 e. The summed E-state index contributed by atoms with van der Waals surface area (Å²) in [5.74, 6) is 0. The lowest BCUT2D eigenvalue weighted by Crippen LogP contribution is -2.10. The molecular weight excluding hydrogens is 162 g/mol. The number of aryl methyl sites for hydroxylation is 1. The second-order valence-corrected chi connectivity index (χ2v) is 3.97. The molecule has 0 saturated heterocycles. The van der Waals surface area contributed by atoms with E-state index in [0.717, 1.165) is 12.1 Å². The topological polar surface area (TPSA) is 33.1 Å². The predicted molar refractivity (Wildman–Crippen MR) is 51.6 cm³/mol. The highest BCUT2D eigenvalue weighted by Gasteiger charge is 2.44. The van der Waals surface area contributed by atoms with Crippen molar-refractivity contribution in [3.63, 3.8) is 0 Å². The molecule has 1 aromatic heterocycles. The lowest BCUT2D eigenvalue weighted by atomic mass is 9.98. The van der Waals surface area contributed by atoms with Crippen LogP contribution in [0.2, 0.25) is 0 Å². The first-order valence-electron chi connectivity index (χ1n) is 4.81. The summed E-state index contributed by atoms with van der Waals surface area (Å²) in [6.07, 6.45) is 5.14. The standard InChI is InChI=1S/C11H15NO/c1-9-2-3-10(12-8-9)11(4-5-11)6-7-13/h2-3,8,13H,4-7H2,1H3. The number of hydrogen-bond acceptors (Lipinski definition) is 2. The van der Waals surface area contributed by atoms with Crippen molar-refractivity contribution < 1.29 is 5.11 Å². The first kappa shape index (κ1) is 8.70. The van der Waals surface area contributed by atoms with E-state index in [0.29, 0.717) is 0 Å². The van der Waals surface area contributed by atoms with Gasteiger partial charge in [0.2, 0.25) is 0 Å². The molecule has 2 nitrogen and oxygen atoms in total. The summed E-state index contributed by atoms with van der Waals surface area (Å²) in [7, 11) is 0. The van der Waals surface area contributed by atoms with Gasteiger partial charge in [-0.15, -0.1) is 0 Å². The maximum absolute atomic E-state index is 8.93. The van der Waals surface area contributed by atoms with Crippen LogP contribution in [0.25, 0.3) is 0 Å². The van der Waals surface area contributed by atoms with Crippen LogP contribution >= 0.6 is 0 Å². The zero-order valence-electron chi connectivity index (χ0n) is 7.95. The Labute approximate surface area is 78.6 Å². The Morgan fingerprint density at radius 3 is 2.69 bits per heavy atom. The van der Waals surface area contributed by atoms with Gasteiger partial charge in [-0.3, -0.25) is 4.98 Å². The van der Waals surface area contributed by atoms with Gasteiger partial charge in [-0.05, 0) is 37.8 Å². The Morgan fingerprint density at radius 2 is 2.23 bits per heavy atom. The van der Waals surface area contributed by atoms with E-state index >= 15 is 0 Å². The van der Waals surface area contributed by atoms with Gasteiger partial charge in [0.05, 0.1) is 0 Å². The third kappa shape index (κ3) is 1.59. The quantitative estimate of drug-likeness (QED) is 0.763. The van der Waals surface area contributed by atoms with Crippen LogP contribution in [-0.4, -0.2) is 16.7 Å². The van der Waals surface area contributed by atoms with E-state index in [1.807, 2.05) is 13.1 Å². The zero-order valence-corrected chi connectivity index (χ0v) is 7.95. The summed E-state index contributed by atoms with van der Waals surface area (Å²) in [4.78, 5) is 4.42. The summed E-state index contributed by atoms with van der Waals surface area (Å²) < 4.78 is 0. The van der Waals surface area contributed by atoms with Crippen LogP contribution in [0.4, 0.5) is 0 Å². The predicted octanol–water partition coefficient (Wildman–Crippen LogP) is 1.80. The third-order valence-corrected chi connectivity index (χ3v) is 2.90. The molecule has 1 aliphatic rings. The number of rotatable bonds is 3. The van der Waals surface area contributed by atoms with Crippen molar-refractivity contribution in [1.29, 1.82) is 0 Å². The zero-order chi connectivity index (χ0) is 9.31. The van der Waals surface area contributed by atoms with Gasteiger partial charge >= 0.3 is 0 Å². The Balaban J connectivity index is 2.20. The van der Waals surface area contributed by atoms with Crippen LogP contribution in [0, 0.1) is 6.92 Å². The van der Waals surface area contributed by atoms with Crippen molar-refractivity contribution in [2.45, 2.75) is 31.6 Å². The molecule has 2 heteroatoms. The smallest absolute Gasteiger partial charge is 0.0466 e. The molecule has 1 fully saturated rings. The van der Waals surface area contributed by atoms with E-state index in [1.165, 1.54) is 18.4 Å². The molecule has 0 aromatic carbocycles. The molecule has 0 bridgehead atoms. The second kappa shape index (κ2) is 3.11. The Kier molecular flexibility index (Phi) is 2.08. The number of pyridine rings is 1. The van der Waals surface area contributed by atoms with Crippen molar-refractivity contribution in [2.24, 2.45) is 0 Å². The first-order valence-corrected chi connectivity index (χ1v) is 4.81. The van der Waals surface area contributed by atoms with E-state index in [-0.39, 0.29) is 12.0 Å². The third-order valence-electron chi connectivity index (χ3n) is 2.90. The van der Waals surface area contributed by atoms with Crippen LogP contribution < -0.4 is 0 Å². The maximum Gasteiger partial charge on any atom is 0.0466 e. The van der Waals surface area contributed by atoms with Crippen LogP contribution in [0.3, 0.4) is 0 Å². The fourth-order valence-corrected chi connectivity index (χ4v) is 1.78. The molecule has 1 saturated carbocycles. The van der Waals surface area contributed by atoms with Gasteiger partial charge in [0, 0.05) is 23.9 Å². The van der Waals surface area contributed by atoms with E-state index in [4.69, 9.17) is 5.11 Å². The molecule has 0 radical (unpaired) electrons. The van der Waals surface area contributed by atoms with Gasteiger partial charge in [0.15, 0.2) is 0 Å². The Bertz CT molecular complexity index is 287. The fraction of sp³-hybridized carbons (Fsp3) is 0.545. The first-order chi connectivity index (χ1) is 6.27. The number of aromatic nitrogens is 1. The largest absolute Gasteiger partial charge is 0.396 e. The number of hydrogen-bond donors (Lipinski definition) is 1. The van der Waals surface area contributed by atoms with Crippen LogP contribution in [0.15, 0.2) is 18.3 Å². The van der Waals surface area contributed by atoms with E-state index < -0.39 is 0 Å². The van der Waals surface area contributed by atoms with Crippen LogP contribution in [0.1, 0.15) is 30.5 Å². The Morgan fingerprint density at radius 1 is 1.46 bits per heavy atom. The van der Waals surface area contributed by atoms with Gasteiger partial charge in [0.25, 0.3) is 0 Å². The molecule has 1 aromatic rings. The highest BCUT2D eigenvalue weighted by Crippen LogP contribution is 2.49. The summed E-state index contributed by atoms with van der Waals surface area (Å²) >= 11 is 0. The molecule has 0 amide bonds. The summed E-state index contributed by atoms with van der Waals surface area (Å²) in [5, 5.41) is 8.93. The SMILES string of the molecule is Cc1ccc(C2(CCO)CC2)nc1. The average Bonchev–Trinajstić information content (AvgIpc) is 2.87. The van der Waals surface area contributed by atoms with E-state index in [1.54, 1.807) is 0 Å². The van der Waals surface area contributed by atoms with Crippen molar-refractivity contribution in [1.82, 2.24) is 4.98 Å². The number of aliphatic hydroxyl groups excluding tert-OH is 1. The van der Waals surface area contributed by atoms with Crippen molar-refractivity contribution in [3.05, 3.63) is 29.6 Å². The molecule has 1 N–H and O–H groups in total. The molecule has 1 aliphatic carbocycles. The highest BCUT2D eigenvalue weighted by atomic mass is 16.3. The molecule has 70 valence electrons. The van der Waals surface area contributed by atoms with Gasteiger partial charge in [-0.1, -0.05) is 6.07 Å². The molecule has 0 unspecified atom stereocenters. The highest BCUT2D eigenvalue weighted by molar-refractivity contribution is 5.26. The van der Waals surface area contributed by atoms with Gasteiger partial charge in [0.1, 0.15) is 0 Å². The maximum atomic E-state index is 8.93.